The first-order valence-corrected chi connectivity index (χ1v) is 8.05. The van der Waals surface area contributed by atoms with E-state index in [9.17, 15) is 15.3 Å². The van der Waals surface area contributed by atoms with Crippen LogP contribution in [0.15, 0.2) is 12.2 Å². The second-order valence-corrected chi connectivity index (χ2v) is 5.56. The summed E-state index contributed by atoms with van der Waals surface area (Å²) in [4.78, 5) is 0. The molecule has 0 bridgehead atoms. The van der Waals surface area contributed by atoms with Crippen LogP contribution in [0.3, 0.4) is 0 Å². The Morgan fingerprint density at radius 1 is 1.19 bits per heavy atom. The molecule has 21 heavy (non-hydrogen) atoms. The Morgan fingerprint density at radius 3 is 2.57 bits per heavy atom. The van der Waals surface area contributed by atoms with Crippen LogP contribution < -0.4 is 0 Å². The average molecular weight is 302 g/mol. The normalized spacial score (nSPS) is 27.5. The smallest absolute Gasteiger partial charge is 0.114 e. The summed E-state index contributed by atoms with van der Waals surface area (Å²) in [6, 6.07) is 0. The van der Waals surface area contributed by atoms with E-state index in [2.05, 4.69) is 19.1 Å². The molecule has 0 aromatic carbocycles. The van der Waals surface area contributed by atoms with Crippen LogP contribution in [0.25, 0.3) is 0 Å². The Hall–Kier alpha value is -0.460. The fourth-order valence-electron chi connectivity index (χ4n) is 2.42. The quantitative estimate of drug-likeness (QED) is 0.397. The molecular formula is C16H30O5. The first-order valence-electron chi connectivity index (χ1n) is 8.05. The highest BCUT2D eigenvalue weighted by atomic mass is 16.6. The molecule has 1 fully saturated rings. The van der Waals surface area contributed by atoms with Crippen molar-refractivity contribution >= 4 is 0 Å². The number of hydrogen-bond acceptors (Lipinski definition) is 5. The molecule has 3 N–H and O–H groups in total. The number of unbranched alkanes of at least 4 members (excludes halogenated alkanes) is 4. The van der Waals surface area contributed by atoms with E-state index in [0.29, 0.717) is 6.61 Å². The molecule has 1 heterocycles. The number of ether oxygens (including phenoxy) is 2. The molecule has 0 spiro atoms. The second kappa shape index (κ2) is 11.2. The van der Waals surface area contributed by atoms with Gasteiger partial charge in [0.1, 0.15) is 24.4 Å². The zero-order chi connectivity index (χ0) is 15.5. The van der Waals surface area contributed by atoms with Crippen molar-refractivity contribution in [1.82, 2.24) is 0 Å². The standard InChI is InChI=1S/C16H30O5/c1-2-3-4-5-6-7-8-9-10-20-14(11-17)16-15(19)13(18)12-21-16/h7-8,13-19H,2-6,9-12H2,1H3/b8-7+/t13-,14+,15-,16-/m0/s1. The third kappa shape index (κ3) is 6.89. The molecule has 0 saturated carbocycles. The van der Waals surface area contributed by atoms with Gasteiger partial charge in [-0.2, -0.15) is 0 Å². The summed E-state index contributed by atoms with van der Waals surface area (Å²) in [6.07, 6.45) is 8.06. The number of allylic oxidation sites excluding steroid dienone is 1. The van der Waals surface area contributed by atoms with E-state index in [-0.39, 0.29) is 13.2 Å². The molecule has 0 amide bonds. The van der Waals surface area contributed by atoms with Gasteiger partial charge in [0.05, 0.1) is 19.8 Å². The van der Waals surface area contributed by atoms with Crippen molar-refractivity contribution in [1.29, 1.82) is 0 Å². The highest BCUT2D eigenvalue weighted by Gasteiger charge is 2.40. The lowest BCUT2D eigenvalue weighted by molar-refractivity contribution is -0.0996. The van der Waals surface area contributed by atoms with E-state index in [1.165, 1.54) is 25.7 Å². The van der Waals surface area contributed by atoms with Crippen LogP contribution in [-0.2, 0) is 9.47 Å². The molecule has 1 rings (SSSR count). The van der Waals surface area contributed by atoms with Crippen LogP contribution in [0.4, 0.5) is 0 Å². The summed E-state index contributed by atoms with van der Waals surface area (Å²) < 4.78 is 10.8. The summed E-state index contributed by atoms with van der Waals surface area (Å²) >= 11 is 0. The number of aliphatic hydroxyl groups is 3. The molecule has 1 saturated heterocycles. The van der Waals surface area contributed by atoms with E-state index in [0.717, 1.165) is 12.8 Å². The molecule has 4 atom stereocenters. The van der Waals surface area contributed by atoms with E-state index in [4.69, 9.17) is 9.47 Å². The third-order valence-electron chi connectivity index (χ3n) is 3.74. The minimum absolute atomic E-state index is 0.0867. The fraction of sp³-hybridized carbons (Fsp3) is 0.875. The Kier molecular flexibility index (Phi) is 9.87. The Labute approximate surface area is 127 Å². The first kappa shape index (κ1) is 18.6. The van der Waals surface area contributed by atoms with E-state index in [1.807, 2.05) is 0 Å². The summed E-state index contributed by atoms with van der Waals surface area (Å²) in [6.45, 7) is 2.53. The van der Waals surface area contributed by atoms with Crippen molar-refractivity contribution in [3.8, 4) is 0 Å². The largest absolute Gasteiger partial charge is 0.394 e. The number of hydrogen-bond donors (Lipinski definition) is 3. The number of rotatable bonds is 11. The van der Waals surface area contributed by atoms with Crippen LogP contribution in [0.2, 0.25) is 0 Å². The molecule has 1 aliphatic rings. The van der Waals surface area contributed by atoms with Gasteiger partial charge in [0.15, 0.2) is 0 Å². The van der Waals surface area contributed by atoms with E-state index in [1.54, 1.807) is 0 Å². The molecule has 5 nitrogen and oxygen atoms in total. The zero-order valence-electron chi connectivity index (χ0n) is 13.0. The van der Waals surface area contributed by atoms with Gasteiger partial charge in [-0.3, -0.25) is 0 Å². The van der Waals surface area contributed by atoms with Gasteiger partial charge in [0, 0.05) is 0 Å². The topological polar surface area (TPSA) is 79.2 Å². The van der Waals surface area contributed by atoms with Gasteiger partial charge in [-0.25, -0.2) is 0 Å². The predicted molar refractivity (Wildman–Crippen MR) is 81.1 cm³/mol. The second-order valence-electron chi connectivity index (χ2n) is 5.56. The molecule has 0 aromatic rings. The lowest BCUT2D eigenvalue weighted by atomic mass is 10.1. The molecule has 1 aliphatic heterocycles. The van der Waals surface area contributed by atoms with Gasteiger partial charge in [-0.15, -0.1) is 0 Å². The fourth-order valence-corrected chi connectivity index (χ4v) is 2.42. The summed E-state index contributed by atoms with van der Waals surface area (Å²) in [5, 5.41) is 28.4. The Balaban J connectivity index is 2.11. The average Bonchev–Trinajstić information content (AvgIpc) is 2.82. The first-order chi connectivity index (χ1) is 10.2. The summed E-state index contributed by atoms with van der Waals surface area (Å²) in [5.74, 6) is 0. The predicted octanol–water partition coefficient (Wildman–Crippen LogP) is 1.40. The lowest BCUT2D eigenvalue weighted by Gasteiger charge is -2.24. The van der Waals surface area contributed by atoms with Crippen LogP contribution in [0.1, 0.15) is 45.4 Å². The van der Waals surface area contributed by atoms with Gasteiger partial charge in [-0.1, -0.05) is 38.3 Å². The number of aliphatic hydroxyl groups excluding tert-OH is 3. The third-order valence-corrected chi connectivity index (χ3v) is 3.74. The van der Waals surface area contributed by atoms with Gasteiger partial charge >= 0.3 is 0 Å². The minimum Gasteiger partial charge on any atom is -0.394 e. The van der Waals surface area contributed by atoms with Gasteiger partial charge in [0.2, 0.25) is 0 Å². The highest BCUT2D eigenvalue weighted by molar-refractivity contribution is 4.89. The Morgan fingerprint density at radius 2 is 1.95 bits per heavy atom. The van der Waals surface area contributed by atoms with E-state index < -0.39 is 24.4 Å². The van der Waals surface area contributed by atoms with Gasteiger partial charge in [-0.05, 0) is 19.3 Å². The molecule has 0 unspecified atom stereocenters. The maximum absolute atomic E-state index is 9.72. The molecule has 0 radical (unpaired) electrons. The minimum atomic E-state index is -0.990. The lowest BCUT2D eigenvalue weighted by Crippen LogP contribution is -2.42. The molecule has 5 heteroatoms. The summed E-state index contributed by atoms with van der Waals surface area (Å²) in [7, 11) is 0. The van der Waals surface area contributed by atoms with Crippen molar-refractivity contribution in [2.75, 3.05) is 19.8 Å². The molecular weight excluding hydrogens is 272 g/mol. The van der Waals surface area contributed by atoms with Crippen molar-refractivity contribution in [2.24, 2.45) is 0 Å². The molecule has 0 aromatic heterocycles. The van der Waals surface area contributed by atoms with Crippen molar-refractivity contribution in [3.05, 3.63) is 12.2 Å². The maximum atomic E-state index is 9.72. The van der Waals surface area contributed by atoms with E-state index >= 15 is 0 Å². The van der Waals surface area contributed by atoms with Gasteiger partial charge in [0.25, 0.3) is 0 Å². The summed E-state index contributed by atoms with van der Waals surface area (Å²) in [5.41, 5.74) is 0. The molecule has 0 aliphatic carbocycles. The van der Waals surface area contributed by atoms with Crippen molar-refractivity contribution in [3.63, 3.8) is 0 Å². The maximum Gasteiger partial charge on any atom is 0.114 e. The molecule has 124 valence electrons. The van der Waals surface area contributed by atoms with Crippen LogP contribution in [-0.4, -0.2) is 59.6 Å². The van der Waals surface area contributed by atoms with Crippen LogP contribution in [0, 0.1) is 0 Å². The highest BCUT2D eigenvalue weighted by Crippen LogP contribution is 2.19. The van der Waals surface area contributed by atoms with Crippen LogP contribution in [0.5, 0.6) is 0 Å². The van der Waals surface area contributed by atoms with Gasteiger partial charge < -0.3 is 24.8 Å². The van der Waals surface area contributed by atoms with Crippen molar-refractivity contribution in [2.45, 2.75) is 69.9 Å². The monoisotopic (exact) mass is 302 g/mol. The van der Waals surface area contributed by atoms with Crippen molar-refractivity contribution < 1.29 is 24.8 Å². The zero-order valence-corrected chi connectivity index (χ0v) is 13.0. The van der Waals surface area contributed by atoms with Crippen LogP contribution >= 0.6 is 0 Å². The Bertz CT molecular complexity index is 282. The SMILES string of the molecule is CCCCCC/C=C/CCO[C@H](CO)[C@@H]1OC[C@H](O)[C@@H]1O.